The molecular weight excluding hydrogens is 276 g/mol. The maximum Gasteiger partial charge on any atom is 0.238 e. The number of rotatable bonds is 5. The molecule has 0 aliphatic carbocycles. The van der Waals surface area contributed by atoms with Crippen molar-refractivity contribution in [2.75, 3.05) is 25.0 Å². The van der Waals surface area contributed by atoms with Crippen molar-refractivity contribution < 1.29 is 9.53 Å². The van der Waals surface area contributed by atoms with Gasteiger partial charge in [0.1, 0.15) is 0 Å². The Kier molecular flexibility index (Phi) is 6.99. The number of ether oxygens (including phenoxy) is 1. The number of aryl methyl sites for hydroxylation is 1. The SMILES string of the molecule is Cc1cccc(NC(=O)CNCC2CCCO2)c1C.Cl. The smallest absolute Gasteiger partial charge is 0.238 e. The number of hydrogen-bond donors (Lipinski definition) is 2. The number of carbonyl (C=O) groups is 1. The average Bonchev–Trinajstić information content (AvgIpc) is 2.88. The molecule has 1 atom stereocenters. The first-order chi connectivity index (χ1) is 9.16. The van der Waals surface area contributed by atoms with Gasteiger partial charge in [-0.05, 0) is 43.9 Å². The van der Waals surface area contributed by atoms with Crippen molar-refractivity contribution in [1.82, 2.24) is 5.32 Å². The van der Waals surface area contributed by atoms with Gasteiger partial charge >= 0.3 is 0 Å². The molecule has 0 aromatic heterocycles. The number of benzene rings is 1. The minimum Gasteiger partial charge on any atom is -0.377 e. The highest BCUT2D eigenvalue weighted by atomic mass is 35.5. The normalized spacial score (nSPS) is 17.6. The first kappa shape index (κ1) is 17.0. The Balaban J connectivity index is 0.00000200. The lowest BCUT2D eigenvalue weighted by molar-refractivity contribution is -0.115. The molecule has 1 aromatic carbocycles. The Morgan fingerprint density at radius 1 is 1.40 bits per heavy atom. The molecule has 1 unspecified atom stereocenters. The van der Waals surface area contributed by atoms with Crippen molar-refractivity contribution in [1.29, 1.82) is 0 Å². The molecule has 0 spiro atoms. The summed E-state index contributed by atoms with van der Waals surface area (Å²) in [5.41, 5.74) is 3.20. The minimum atomic E-state index is -0.00769. The van der Waals surface area contributed by atoms with Crippen molar-refractivity contribution in [3.63, 3.8) is 0 Å². The van der Waals surface area contributed by atoms with Gasteiger partial charge in [-0.25, -0.2) is 0 Å². The van der Waals surface area contributed by atoms with E-state index in [4.69, 9.17) is 4.74 Å². The van der Waals surface area contributed by atoms with Crippen LogP contribution < -0.4 is 10.6 Å². The lowest BCUT2D eigenvalue weighted by Gasteiger charge is -2.12. The molecule has 1 aliphatic heterocycles. The van der Waals surface area contributed by atoms with E-state index < -0.39 is 0 Å². The van der Waals surface area contributed by atoms with E-state index in [2.05, 4.69) is 10.6 Å². The zero-order valence-electron chi connectivity index (χ0n) is 12.1. The van der Waals surface area contributed by atoms with E-state index in [9.17, 15) is 4.79 Å². The number of nitrogens with one attached hydrogen (secondary N) is 2. The van der Waals surface area contributed by atoms with Gasteiger partial charge in [-0.3, -0.25) is 4.79 Å². The van der Waals surface area contributed by atoms with Crippen molar-refractivity contribution >= 4 is 24.0 Å². The Morgan fingerprint density at radius 3 is 2.90 bits per heavy atom. The van der Waals surface area contributed by atoms with Gasteiger partial charge in [-0.15, -0.1) is 12.4 Å². The summed E-state index contributed by atoms with van der Waals surface area (Å²) < 4.78 is 5.49. The second-order valence-electron chi connectivity index (χ2n) is 5.06. The van der Waals surface area contributed by atoms with Crippen molar-refractivity contribution in [2.24, 2.45) is 0 Å². The molecule has 4 nitrogen and oxygen atoms in total. The van der Waals surface area contributed by atoms with Crippen LogP contribution in [0, 0.1) is 13.8 Å². The molecule has 2 rings (SSSR count). The van der Waals surface area contributed by atoms with Gasteiger partial charge < -0.3 is 15.4 Å². The summed E-state index contributed by atoms with van der Waals surface area (Å²) in [5.74, 6) is -0.00769. The average molecular weight is 299 g/mol. The highest BCUT2D eigenvalue weighted by Gasteiger charge is 2.15. The summed E-state index contributed by atoms with van der Waals surface area (Å²) in [5, 5.41) is 6.08. The van der Waals surface area contributed by atoms with Crippen LogP contribution in [0.15, 0.2) is 18.2 Å². The standard InChI is InChI=1S/C15H22N2O2.ClH/c1-11-5-3-7-14(12(11)2)17-15(18)10-16-9-13-6-4-8-19-13;/h3,5,7,13,16H,4,6,8-10H2,1-2H3,(H,17,18);1H. The van der Waals surface area contributed by atoms with Gasteiger partial charge in [0.05, 0.1) is 12.6 Å². The van der Waals surface area contributed by atoms with Crippen LogP contribution in [0.2, 0.25) is 0 Å². The maximum absolute atomic E-state index is 11.8. The van der Waals surface area contributed by atoms with Gasteiger partial charge in [0, 0.05) is 18.8 Å². The Labute approximate surface area is 126 Å². The van der Waals surface area contributed by atoms with E-state index in [1.54, 1.807) is 0 Å². The molecular formula is C15H23ClN2O2. The topological polar surface area (TPSA) is 50.4 Å². The van der Waals surface area contributed by atoms with Crippen molar-refractivity contribution in [3.05, 3.63) is 29.3 Å². The van der Waals surface area contributed by atoms with Crippen LogP contribution in [0.1, 0.15) is 24.0 Å². The first-order valence-electron chi connectivity index (χ1n) is 6.85. The number of halogens is 1. The fourth-order valence-corrected chi connectivity index (χ4v) is 2.23. The van der Waals surface area contributed by atoms with Crippen LogP contribution in [0.3, 0.4) is 0 Å². The summed E-state index contributed by atoms with van der Waals surface area (Å²) >= 11 is 0. The number of hydrogen-bond acceptors (Lipinski definition) is 3. The summed E-state index contributed by atoms with van der Waals surface area (Å²) in [7, 11) is 0. The van der Waals surface area contributed by atoms with Crippen molar-refractivity contribution in [3.8, 4) is 0 Å². The van der Waals surface area contributed by atoms with Gasteiger partial charge in [0.15, 0.2) is 0 Å². The molecule has 0 radical (unpaired) electrons. The van der Waals surface area contributed by atoms with E-state index in [1.165, 1.54) is 5.56 Å². The third-order valence-corrected chi connectivity index (χ3v) is 3.56. The number of carbonyl (C=O) groups excluding carboxylic acids is 1. The fraction of sp³-hybridized carbons (Fsp3) is 0.533. The predicted molar refractivity (Wildman–Crippen MR) is 83.6 cm³/mol. The molecule has 0 saturated carbocycles. The van der Waals surface area contributed by atoms with E-state index in [1.807, 2.05) is 32.0 Å². The van der Waals surface area contributed by atoms with Gasteiger partial charge in [-0.2, -0.15) is 0 Å². The zero-order valence-corrected chi connectivity index (χ0v) is 12.9. The van der Waals surface area contributed by atoms with Gasteiger partial charge in [-0.1, -0.05) is 12.1 Å². The van der Waals surface area contributed by atoms with E-state index in [0.29, 0.717) is 6.54 Å². The van der Waals surface area contributed by atoms with Crippen molar-refractivity contribution in [2.45, 2.75) is 32.8 Å². The molecule has 1 aliphatic rings. The second kappa shape index (κ2) is 8.25. The maximum atomic E-state index is 11.8. The summed E-state index contributed by atoms with van der Waals surface area (Å²) in [6.07, 6.45) is 2.49. The molecule has 1 amide bonds. The third-order valence-electron chi connectivity index (χ3n) is 3.56. The monoisotopic (exact) mass is 298 g/mol. The van der Waals surface area contributed by atoms with Crippen LogP contribution in [-0.4, -0.2) is 31.7 Å². The molecule has 2 N–H and O–H groups in total. The highest BCUT2D eigenvalue weighted by Crippen LogP contribution is 2.17. The van der Waals surface area contributed by atoms with Gasteiger partial charge in [0.2, 0.25) is 5.91 Å². The molecule has 1 aromatic rings. The largest absolute Gasteiger partial charge is 0.377 e. The Bertz CT molecular complexity index is 445. The summed E-state index contributed by atoms with van der Waals surface area (Å²) in [6.45, 7) is 5.99. The molecule has 1 heterocycles. The van der Waals surface area contributed by atoms with Crippen LogP contribution >= 0.6 is 12.4 Å². The molecule has 1 fully saturated rings. The van der Waals surface area contributed by atoms with E-state index >= 15 is 0 Å². The molecule has 112 valence electrons. The predicted octanol–water partition coefficient (Wildman–Crippen LogP) is 2.43. The second-order valence-corrected chi connectivity index (χ2v) is 5.06. The first-order valence-corrected chi connectivity index (χ1v) is 6.85. The molecule has 20 heavy (non-hydrogen) atoms. The Hall–Kier alpha value is -1.10. The fourth-order valence-electron chi connectivity index (χ4n) is 2.23. The summed E-state index contributed by atoms with van der Waals surface area (Å²) in [6, 6.07) is 5.93. The summed E-state index contributed by atoms with van der Waals surface area (Å²) in [4.78, 5) is 11.8. The highest BCUT2D eigenvalue weighted by molar-refractivity contribution is 5.93. The lowest BCUT2D eigenvalue weighted by atomic mass is 10.1. The molecule has 5 heteroatoms. The van der Waals surface area contributed by atoms with Gasteiger partial charge in [0.25, 0.3) is 0 Å². The van der Waals surface area contributed by atoms with Crippen LogP contribution in [0.25, 0.3) is 0 Å². The molecule has 1 saturated heterocycles. The van der Waals surface area contributed by atoms with Crippen LogP contribution in [0.4, 0.5) is 5.69 Å². The third kappa shape index (κ3) is 4.78. The Morgan fingerprint density at radius 2 is 2.20 bits per heavy atom. The quantitative estimate of drug-likeness (QED) is 0.878. The number of amides is 1. The number of anilines is 1. The van der Waals surface area contributed by atoms with E-state index in [-0.39, 0.29) is 24.4 Å². The zero-order chi connectivity index (χ0) is 13.7. The van der Waals surface area contributed by atoms with Crippen LogP contribution in [0.5, 0.6) is 0 Å². The van der Waals surface area contributed by atoms with Crippen LogP contribution in [-0.2, 0) is 9.53 Å². The lowest BCUT2D eigenvalue weighted by Crippen LogP contribution is -2.33. The minimum absolute atomic E-state index is 0. The van der Waals surface area contributed by atoms with E-state index in [0.717, 1.165) is 37.2 Å². The molecule has 0 bridgehead atoms.